The zero-order valence-electron chi connectivity index (χ0n) is 18.2. The minimum Gasteiger partial charge on any atom is -0.493 e. The van der Waals surface area contributed by atoms with Crippen LogP contribution in [0.1, 0.15) is 12.8 Å². The van der Waals surface area contributed by atoms with Crippen molar-refractivity contribution >= 4 is 27.4 Å². The van der Waals surface area contributed by atoms with Gasteiger partial charge in [-0.1, -0.05) is 17.3 Å². The molecule has 0 spiro atoms. The molecular formula is C20H21N5O8S. The Labute approximate surface area is 194 Å². The monoisotopic (exact) mass is 491 g/mol. The number of carbonyl (C=O) groups is 1. The predicted molar refractivity (Wildman–Crippen MR) is 119 cm³/mol. The first-order valence-electron chi connectivity index (χ1n) is 9.91. The van der Waals surface area contributed by atoms with Crippen molar-refractivity contribution in [2.24, 2.45) is 0 Å². The fraction of sp³-hybridized carbons (Fsp3) is 0.250. The molecule has 0 aliphatic heterocycles. The molecule has 2 aromatic carbocycles. The van der Waals surface area contributed by atoms with Crippen molar-refractivity contribution in [1.82, 2.24) is 14.9 Å². The number of aromatic nitrogens is 2. The number of anilines is 1. The molecule has 1 aromatic heterocycles. The van der Waals surface area contributed by atoms with Gasteiger partial charge in [-0.25, -0.2) is 8.42 Å². The van der Waals surface area contributed by atoms with Crippen LogP contribution in [0, 0.1) is 10.1 Å². The Morgan fingerprint density at radius 3 is 2.71 bits per heavy atom. The molecule has 0 radical (unpaired) electrons. The highest BCUT2D eigenvalue weighted by molar-refractivity contribution is 7.89. The van der Waals surface area contributed by atoms with E-state index in [0.717, 1.165) is 6.07 Å². The summed E-state index contributed by atoms with van der Waals surface area (Å²) in [5, 5.41) is 17.6. The number of carbonyl (C=O) groups excluding carboxylic acids is 1. The van der Waals surface area contributed by atoms with Crippen molar-refractivity contribution < 1.29 is 32.1 Å². The Kier molecular flexibility index (Phi) is 7.75. The summed E-state index contributed by atoms with van der Waals surface area (Å²) in [6.45, 7) is 1.19. The minimum absolute atomic E-state index is 0.00390. The molecule has 0 fully saturated rings. The summed E-state index contributed by atoms with van der Waals surface area (Å²) in [5.41, 5.74) is 0.314. The lowest BCUT2D eigenvalue weighted by Gasteiger charge is -2.08. The number of ether oxygens (including phenoxy) is 2. The normalized spacial score (nSPS) is 11.1. The third kappa shape index (κ3) is 5.85. The summed E-state index contributed by atoms with van der Waals surface area (Å²) in [6.07, 6.45) is 0. The van der Waals surface area contributed by atoms with E-state index < -0.39 is 33.1 Å². The van der Waals surface area contributed by atoms with E-state index in [0.29, 0.717) is 17.9 Å². The Bertz CT molecular complexity index is 1290. The van der Waals surface area contributed by atoms with E-state index in [4.69, 9.17) is 14.0 Å². The van der Waals surface area contributed by atoms with E-state index in [9.17, 15) is 23.3 Å². The third-order valence-electron chi connectivity index (χ3n) is 4.40. The molecule has 2 N–H and O–H groups in total. The van der Waals surface area contributed by atoms with Gasteiger partial charge in [0.15, 0.2) is 6.61 Å². The molecular weight excluding hydrogens is 470 g/mol. The van der Waals surface area contributed by atoms with Gasteiger partial charge in [-0.2, -0.15) is 9.71 Å². The van der Waals surface area contributed by atoms with E-state index >= 15 is 0 Å². The summed E-state index contributed by atoms with van der Waals surface area (Å²) >= 11 is 0. The number of nitro benzene ring substituents is 1. The number of nitrogens with zero attached hydrogens (tertiary/aromatic N) is 3. The maximum Gasteiger partial charge on any atom is 0.321 e. The third-order valence-corrected chi connectivity index (χ3v) is 5.80. The Balaban J connectivity index is 1.59. The second-order valence-corrected chi connectivity index (χ2v) is 8.38. The molecule has 180 valence electrons. The molecule has 13 nitrogen and oxygen atoms in total. The highest BCUT2D eigenvalue weighted by Gasteiger charge is 2.22. The average molecular weight is 491 g/mol. The van der Waals surface area contributed by atoms with Crippen molar-refractivity contribution in [1.29, 1.82) is 0 Å². The van der Waals surface area contributed by atoms with Gasteiger partial charge in [0.1, 0.15) is 18.0 Å². The smallest absolute Gasteiger partial charge is 0.321 e. The molecule has 0 aliphatic carbocycles. The van der Waals surface area contributed by atoms with Crippen molar-refractivity contribution in [3.63, 3.8) is 0 Å². The highest BCUT2D eigenvalue weighted by atomic mass is 32.2. The number of sulfonamides is 1. The van der Waals surface area contributed by atoms with Crippen molar-refractivity contribution in [2.75, 3.05) is 25.5 Å². The van der Waals surface area contributed by atoms with Gasteiger partial charge < -0.3 is 19.3 Å². The van der Waals surface area contributed by atoms with Gasteiger partial charge in [-0.15, -0.1) is 0 Å². The van der Waals surface area contributed by atoms with Gasteiger partial charge in [-0.05, 0) is 31.2 Å². The van der Waals surface area contributed by atoms with Gasteiger partial charge in [0.2, 0.25) is 15.8 Å². The van der Waals surface area contributed by atoms with Crippen LogP contribution in [-0.2, 0) is 26.2 Å². The van der Waals surface area contributed by atoms with Gasteiger partial charge in [0.05, 0.1) is 22.0 Å². The molecule has 34 heavy (non-hydrogen) atoms. The summed E-state index contributed by atoms with van der Waals surface area (Å²) in [4.78, 5) is 26.2. The first kappa shape index (κ1) is 24.6. The van der Waals surface area contributed by atoms with Crippen LogP contribution in [0.4, 0.5) is 11.4 Å². The first-order valence-corrected chi connectivity index (χ1v) is 11.4. The van der Waals surface area contributed by atoms with Gasteiger partial charge >= 0.3 is 5.97 Å². The second-order valence-electron chi connectivity index (χ2n) is 6.61. The van der Waals surface area contributed by atoms with Gasteiger partial charge in [0.25, 0.3) is 11.6 Å². The molecule has 0 atom stereocenters. The zero-order chi connectivity index (χ0) is 24.7. The van der Waals surface area contributed by atoms with Crippen LogP contribution in [0.3, 0.4) is 0 Å². The number of nitro groups is 1. The lowest BCUT2D eigenvalue weighted by Crippen LogP contribution is -2.30. The highest BCUT2D eigenvalue weighted by Crippen LogP contribution is 2.28. The van der Waals surface area contributed by atoms with Crippen LogP contribution in [-0.4, -0.2) is 49.7 Å². The number of nitrogens with one attached hydrogen (secondary N) is 2. The molecule has 0 bridgehead atoms. The summed E-state index contributed by atoms with van der Waals surface area (Å²) in [7, 11) is -2.74. The van der Waals surface area contributed by atoms with E-state index in [2.05, 4.69) is 15.5 Å². The molecule has 3 rings (SSSR count). The van der Waals surface area contributed by atoms with Crippen LogP contribution in [0.25, 0.3) is 11.4 Å². The lowest BCUT2D eigenvalue weighted by atomic mass is 10.2. The van der Waals surface area contributed by atoms with Gasteiger partial charge in [0, 0.05) is 13.1 Å². The summed E-state index contributed by atoms with van der Waals surface area (Å²) < 4.78 is 42.4. The maximum absolute atomic E-state index is 12.4. The predicted octanol–water partition coefficient (Wildman–Crippen LogP) is 2.11. The average Bonchev–Trinajstić information content (AvgIpc) is 3.30. The maximum atomic E-state index is 12.4. The number of benzene rings is 2. The van der Waals surface area contributed by atoms with Crippen LogP contribution in [0.5, 0.6) is 5.75 Å². The lowest BCUT2D eigenvalue weighted by molar-refractivity contribution is -0.384. The fourth-order valence-corrected chi connectivity index (χ4v) is 3.82. The Morgan fingerprint density at radius 1 is 1.24 bits per heavy atom. The van der Waals surface area contributed by atoms with Crippen molar-refractivity contribution in [3.8, 4) is 17.1 Å². The number of hydrogen-bond acceptors (Lipinski definition) is 11. The largest absolute Gasteiger partial charge is 0.493 e. The summed E-state index contributed by atoms with van der Waals surface area (Å²) in [6, 6.07) is 10.4. The SMILES string of the molecule is CCOc1ccccc1-c1noc(COC(=O)CNS(=O)(=O)c2ccc(NC)c([N+](=O)[O-])c2)n1. The molecule has 3 aromatic rings. The molecule has 0 unspecified atom stereocenters. The minimum atomic E-state index is -4.21. The first-order chi connectivity index (χ1) is 16.2. The van der Waals surface area contributed by atoms with Crippen LogP contribution in [0.15, 0.2) is 51.9 Å². The second kappa shape index (κ2) is 10.7. The number of hydrogen-bond donors (Lipinski definition) is 2. The molecule has 0 aliphatic rings. The molecule has 0 saturated heterocycles. The molecule has 0 amide bonds. The standard InChI is InChI=1S/C20H21N5O8S/c1-3-31-17-7-5-4-6-14(17)20-23-18(33-24-20)12-32-19(26)11-22-34(29,30)13-8-9-15(21-2)16(10-13)25(27)28/h4-10,21-22H,3,11-12H2,1-2H3. The van der Waals surface area contributed by atoms with Crippen LogP contribution in [0.2, 0.25) is 0 Å². The number of para-hydroxylation sites is 1. The molecule has 0 saturated carbocycles. The van der Waals surface area contributed by atoms with Crippen LogP contribution >= 0.6 is 0 Å². The number of rotatable bonds is 11. The van der Waals surface area contributed by atoms with E-state index in [1.54, 1.807) is 24.3 Å². The van der Waals surface area contributed by atoms with Crippen molar-refractivity contribution in [2.45, 2.75) is 18.4 Å². The van der Waals surface area contributed by atoms with Gasteiger partial charge in [-0.3, -0.25) is 14.9 Å². The fourth-order valence-electron chi connectivity index (χ4n) is 2.83. The number of esters is 1. The van der Waals surface area contributed by atoms with E-state index in [1.807, 2.05) is 11.6 Å². The molecule has 1 heterocycles. The quantitative estimate of drug-likeness (QED) is 0.228. The van der Waals surface area contributed by atoms with Crippen molar-refractivity contribution in [3.05, 3.63) is 58.5 Å². The van der Waals surface area contributed by atoms with E-state index in [-0.39, 0.29) is 28.9 Å². The van der Waals surface area contributed by atoms with Crippen LogP contribution < -0.4 is 14.8 Å². The zero-order valence-corrected chi connectivity index (χ0v) is 19.0. The summed E-state index contributed by atoms with van der Waals surface area (Å²) in [5.74, 6) is -0.121. The Morgan fingerprint density at radius 2 is 2.00 bits per heavy atom. The topological polar surface area (TPSA) is 176 Å². The molecule has 14 heteroatoms. The Hall–Kier alpha value is -4.04. The van der Waals surface area contributed by atoms with E-state index in [1.165, 1.54) is 19.2 Å².